The minimum atomic E-state index is -0.0349. The number of aryl methyl sites for hydroxylation is 2. The van der Waals surface area contributed by atoms with Gasteiger partial charge in [0.2, 0.25) is 5.91 Å². The molecule has 0 spiro atoms. The fourth-order valence-electron chi connectivity index (χ4n) is 4.37. The largest absolute Gasteiger partial charge is 0.353 e. The van der Waals surface area contributed by atoms with Gasteiger partial charge in [-0.25, -0.2) is 4.98 Å². The lowest BCUT2D eigenvalue weighted by Gasteiger charge is -2.29. The molecule has 4 rings (SSSR count). The number of amides is 1. The summed E-state index contributed by atoms with van der Waals surface area (Å²) in [6, 6.07) is 2.32. The topological polar surface area (TPSA) is 78.1 Å². The summed E-state index contributed by atoms with van der Waals surface area (Å²) in [6.07, 6.45) is 4.37. The number of H-pyrrole nitrogens is 1. The molecular weight excluding hydrogens is 460 g/mol. The number of rotatable bonds is 10. The lowest BCUT2D eigenvalue weighted by molar-refractivity contribution is -0.118. The number of carbonyl (C=O) groups is 1. The third-order valence-electron chi connectivity index (χ3n) is 6.02. The Morgan fingerprint density at radius 2 is 2.12 bits per heavy atom. The number of aromatic amines is 1. The second-order valence-corrected chi connectivity index (χ2v) is 10.8. The van der Waals surface area contributed by atoms with E-state index in [1.165, 1.54) is 34.2 Å². The number of nitrogens with one attached hydrogen (secondary N) is 2. The van der Waals surface area contributed by atoms with Gasteiger partial charge in [0.1, 0.15) is 10.7 Å². The summed E-state index contributed by atoms with van der Waals surface area (Å²) in [5.41, 5.74) is 2.42. The predicted octanol–water partition coefficient (Wildman–Crippen LogP) is 4.36. The van der Waals surface area contributed by atoms with Crippen LogP contribution >= 0.6 is 34.4 Å². The maximum Gasteiger partial charge on any atom is 0.259 e. The van der Waals surface area contributed by atoms with Crippen LogP contribution in [0, 0.1) is 0 Å². The molecule has 3 heterocycles. The predicted molar refractivity (Wildman–Crippen MR) is 136 cm³/mol. The number of nitrogens with zero attached hydrogens (tertiary/aromatic N) is 2. The Morgan fingerprint density at radius 3 is 2.88 bits per heavy atom. The first-order chi connectivity index (χ1) is 15.6. The normalized spacial score (nSPS) is 14.6. The maximum absolute atomic E-state index is 12.7. The monoisotopic (exact) mass is 490 g/mol. The van der Waals surface area contributed by atoms with Crippen molar-refractivity contribution in [1.82, 2.24) is 20.2 Å². The Morgan fingerprint density at radius 1 is 1.31 bits per heavy atom. The molecule has 0 bridgehead atoms. The Hall–Kier alpha value is -1.68. The Bertz CT molecular complexity index is 1100. The summed E-state index contributed by atoms with van der Waals surface area (Å²) in [4.78, 5) is 37.3. The molecule has 6 nitrogen and oxygen atoms in total. The van der Waals surface area contributed by atoms with E-state index in [-0.39, 0.29) is 17.5 Å². The van der Waals surface area contributed by atoms with Crippen molar-refractivity contribution in [3.63, 3.8) is 0 Å². The number of fused-ring (bicyclic) bond motifs is 3. The number of thioether (sulfide) groups is 1. The molecule has 1 amide bonds. The molecule has 3 aromatic rings. The van der Waals surface area contributed by atoms with Gasteiger partial charge in [0, 0.05) is 11.4 Å². The SMILES string of the molecule is CCN(CC)C(CNC(=O)CSCc1nc2sc3c(c2c(=O)[nH]1)CCCC3)c1ccsc1. The molecule has 0 radical (unpaired) electrons. The maximum atomic E-state index is 12.7. The first-order valence-electron chi connectivity index (χ1n) is 11.2. The van der Waals surface area contributed by atoms with E-state index in [1.54, 1.807) is 22.7 Å². The van der Waals surface area contributed by atoms with Gasteiger partial charge in [-0.05, 0) is 66.7 Å². The minimum Gasteiger partial charge on any atom is -0.353 e. The van der Waals surface area contributed by atoms with Crippen LogP contribution in [0.1, 0.15) is 54.6 Å². The molecule has 0 saturated heterocycles. The average Bonchev–Trinajstić information content (AvgIpc) is 3.44. The van der Waals surface area contributed by atoms with Crippen LogP contribution in [0.2, 0.25) is 0 Å². The molecule has 3 aromatic heterocycles. The van der Waals surface area contributed by atoms with E-state index < -0.39 is 0 Å². The van der Waals surface area contributed by atoms with Crippen molar-refractivity contribution in [3.8, 4) is 0 Å². The molecule has 1 atom stereocenters. The molecule has 2 N–H and O–H groups in total. The van der Waals surface area contributed by atoms with E-state index in [0.29, 0.717) is 23.9 Å². The van der Waals surface area contributed by atoms with Crippen molar-refractivity contribution >= 4 is 50.6 Å². The van der Waals surface area contributed by atoms with Crippen LogP contribution in [0.4, 0.5) is 0 Å². The molecule has 9 heteroatoms. The van der Waals surface area contributed by atoms with Gasteiger partial charge in [0.05, 0.1) is 22.9 Å². The lowest BCUT2D eigenvalue weighted by atomic mass is 9.97. The Kier molecular flexibility index (Phi) is 8.04. The number of aromatic nitrogens is 2. The van der Waals surface area contributed by atoms with Crippen molar-refractivity contribution in [3.05, 3.63) is 49.0 Å². The van der Waals surface area contributed by atoms with Crippen molar-refractivity contribution in [1.29, 1.82) is 0 Å². The van der Waals surface area contributed by atoms with E-state index in [1.807, 2.05) is 0 Å². The van der Waals surface area contributed by atoms with E-state index >= 15 is 0 Å². The minimum absolute atomic E-state index is 0.0115. The Labute approximate surface area is 200 Å². The van der Waals surface area contributed by atoms with Crippen molar-refractivity contribution < 1.29 is 4.79 Å². The van der Waals surface area contributed by atoms with Gasteiger partial charge in [-0.3, -0.25) is 14.5 Å². The highest BCUT2D eigenvalue weighted by atomic mass is 32.2. The third kappa shape index (κ3) is 5.27. The molecule has 0 fully saturated rings. The molecule has 172 valence electrons. The molecule has 0 saturated carbocycles. The first kappa shape index (κ1) is 23.5. The van der Waals surface area contributed by atoms with Crippen LogP contribution < -0.4 is 10.9 Å². The first-order valence-corrected chi connectivity index (χ1v) is 14.2. The number of carbonyl (C=O) groups excluding carboxylic acids is 1. The van der Waals surface area contributed by atoms with Crippen LogP contribution in [0.25, 0.3) is 10.2 Å². The van der Waals surface area contributed by atoms with Gasteiger partial charge in [0.15, 0.2) is 0 Å². The number of likely N-dealkylation sites (N-methyl/N-ethyl adjacent to an activating group) is 1. The summed E-state index contributed by atoms with van der Waals surface area (Å²) in [7, 11) is 0. The second kappa shape index (κ2) is 11.0. The van der Waals surface area contributed by atoms with E-state index in [0.717, 1.165) is 42.6 Å². The molecule has 0 aliphatic heterocycles. The standard InChI is InChI=1S/C23H30N4O2S3/c1-3-27(4-2)17(15-9-10-30-12-15)11-24-20(28)14-31-13-19-25-22(29)21-16-7-5-6-8-18(16)32-23(21)26-19/h9-10,12,17H,3-8,11,13-14H2,1-2H3,(H,24,28)(H,25,26,29). The van der Waals surface area contributed by atoms with Gasteiger partial charge >= 0.3 is 0 Å². The van der Waals surface area contributed by atoms with Crippen molar-refractivity contribution in [2.75, 3.05) is 25.4 Å². The van der Waals surface area contributed by atoms with Crippen molar-refractivity contribution in [2.45, 2.75) is 51.3 Å². The molecule has 1 aliphatic carbocycles. The number of hydrogen-bond acceptors (Lipinski definition) is 7. The third-order valence-corrected chi connectivity index (χ3v) is 8.85. The van der Waals surface area contributed by atoms with Crippen LogP contribution in [0.3, 0.4) is 0 Å². The van der Waals surface area contributed by atoms with Crippen molar-refractivity contribution in [2.24, 2.45) is 0 Å². The molecule has 1 unspecified atom stereocenters. The lowest BCUT2D eigenvalue weighted by Crippen LogP contribution is -2.38. The van der Waals surface area contributed by atoms with Gasteiger partial charge in [-0.15, -0.1) is 23.1 Å². The Balaban J connectivity index is 1.32. The fourth-order valence-corrected chi connectivity index (χ4v) is 7.07. The quantitative estimate of drug-likeness (QED) is 0.442. The summed E-state index contributed by atoms with van der Waals surface area (Å²) in [5.74, 6) is 1.53. The van der Waals surface area contributed by atoms with Crippen LogP contribution in [-0.4, -0.2) is 46.2 Å². The summed E-state index contributed by atoms with van der Waals surface area (Å²) in [5, 5.41) is 8.12. The highest BCUT2D eigenvalue weighted by molar-refractivity contribution is 7.99. The molecule has 0 aromatic carbocycles. The van der Waals surface area contributed by atoms with E-state index in [2.05, 4.69) is 45.9 Å². The van der Waals surface area contributed by atoms with Crippen LogP contribution in [0.15, 0.2) is 21.6 Å². The van der Waals surface area contributed by atoms with E-state index in [4.69, 9.17) is 4.98 Å². The van der Waals surface area contributed by atoms with Gasteiger partial charge in [-0.2, -0.15) is 11.3 Å². The zero-order valence-corrected chi connectivity index (χ0v) is 21.1. The zero-order chi connectivity index (χ0) is 22.5. The molecule has 32 heavy (non-hydrogen) atoms. The highest BCUT2D eigenvalue weighted by Crippen LogP contribution is 2.33. The number of hydrogen-bond donors (Lipinski definition) is 2. The van der Waals surface area contributed by atoms with Gasteiger partial charge in [-0.1, -0.05) is 13.8 Å². The fraction of sp³-hybridized carbons (Fsp3) is 0.522. The molecule has 1 aliphatic rings. The van der Waals surface area contributed by atoms with Crippen LogP contribution in [-0.2, 0) is 23.4 Å². The summed E-state index contributed by atoms with van der Waals surface area (Å²) < 4.78 is 0. The summed E-state index contributed by atoms with van der Waals surface area (Å²) >= 11 is 4.83. The van der Waals surface area contributed by atoms with E-state index in [9.17, 15) is 9.59 Å². The van der Waals surface area contributed by atoms with Gasteiger partial charge < -0.3 is 10.3 Å². The molecular formula is C23H30N4O2S3. The van der Waals surface area contributed by atoms with Gasteiger partial charge in [0.25, 0.3) is 5.56 Å². The zero-order valence-electron chi connectivity index (χ0n) is 18.6. The average molecular weight is 491 g/mol. The smallest absolute Gasteiger partial charge is 0.259 e. The number of thiophene rings is 2. The highest BCUT2D eigenvalue weighted by Gasteiger charge is 2.21. The summed E-state index contributed by atoms with van der Waals surface area (Å²) in [6.45, 7) is 6.77. The van der Waals surface area contributed by atoms with Crippen LogP contribution in [0.5, 0.6) is 0 Å². The second-order valence-electron chi connectivity index (χ2n) is 7.99.